The molecular formula is C14H22F3N. The van der Waals surface area contributed by atoms with Crippen LogP contribution in [0.2, 0.25) is 0 Å². The molecule has 18 heavy (non-hydrogen) atoms. The lowest BCUT2D eigenvalue weighted by Crippen LogP contribution is -2.41. The zero-order chi connectivity index (χ0) is 12.8. The Balaban J connectivity index is 1.48. The highest BCUT2D eigenvalue weighted by Gasteiger charge is 2.53. The number of hydrogen-bond donors (Lipinski definition) is 1. The molecule has 0 aromatic heterocycles. The first-order chi connectivity index (χ1) is 8.50. The maximum absolute atomic E-state index is 12.7. The van der Waals surface area contributed by atoms with Crippen molar-refractivity contribution in [2.45, 2.75) is 63.6 Å². The summed E-state index contributed by atoms with van der Waals surface area (Å²) in [5, 5.41) is 3.45. The number of alkyl halides is 3. The largest absolute Gasteiger partial charge is 0.391 e. The Morgan fingerprint density at radius 2 is 1.78 bits per heavy atom. The van der Waals surface area contributed by atoms with E-state index in [0.29, 0.717) is 18.3 Å². The summed E-state index contributed by atoms with van der Waals surface area (Å²) >= 11 is 0. The number of hydrogen-bond acceptors (Lipinski definition) is 1. The van der Waals surface area contributed by atoms with Gasteiger partial charge in [0.25, 0.3) is 0 Å². The molecule has 3 fully saturated rings. The topological polar surface area (TPSA) is 12.0 Å². The summed E-state index contributed by atoms with van der Waals surface area (Å²) in [6.07, 6.45) is 3.55. The second kappa shape index (κ2) is 4.39. The molecule has 3 rings (SSSR count). The number of rotatable bonds is 4. The fraction of sp³-hybridized carbons (Fsp3) is 1.00. The third-order valence-electron chi connectivity index (χ3n) is 5.22. The van der Waals surface area contributed by atoms with Crippen LogP contribution in [0.15, 0.2) is 0 Å². The third kappa shape index (κ3) is 2.68. The van der Waals surface area contributed by atoms with Gasteiger partial charge in [-0.3, -0.25) is 0 Å². The first kappa shape index (κ1) is 12.8. The van der Waals surface area contributed by atoms with Gasteiger partial charge in [0.15, 0.2) is 0 Å². The summed E-state index contributed by atoms with van der Waals surface area (Å²) in [5.74, 6) is -0.188. The van der Waals surface area contributed by atoms with Gasteiger partial charge < -0.3 is 5.32 Å². The van der Waals surface area contributed by atoms with Gasteiger partial charge in [-0.1, -0.05) is 6.42 Å². The lowest BCUT2D eigenvalue weighted by Gasteiger charge is -2.32. The standard InChI is InChI=1S/C14H22F3N/c15-14(16,17)11-2-1-3-12(8-11)18-9-13(6-7-13)10-4-5-10/h10-12,18H,1-9H2. The predicted octanol–water partition coefficient (Wildman–Crippen LogP) is 3.89. The summed E-state index contributed by atoms with van der Waals surface area (Å²) < 4.78 is 38.1. The molecule has 0 bridgehead atoms. The van der Waals surface area contributed by atoms with E-state index in [2.05, 4.69) is 5.32 Å². The molecule has 4 heteroatoms. The smallest absolute Gasteiger partial charge is 0.313 e. The van der Waals surface area contributed by atoms with E-state index in [4.69, 9.17) is 0 Å². The monoisotopic (exact) mass is 261 g/mol. The average molecular weight is 261 g/mol. The minimum absolute atomic E-state index is 0.0987. The minimum atomic E-state index is -3.99. The van der Waals surface area contributed by atoms with E-state index in [1.165, 1.54) is 25.7 Å². The second-order valence-corrected chi connectivity index (χ2v) is 6.62. The van der Waals surface area contributed by atoms with Crippen LogP contribution >= 0.6 is 0 Å². The molecule has 3 aliphatic carbocycles. The molecule has 3 saturated carbocycles. The highest BCUT2D eigenvalue weighted by molar-refractivity contribution is 5.05. The van der Waals surface area contributed by atoms with Crippen molar-refractivity contribution in [1.29, 1.82) is 0 Å². The molecule has 3 aliphatic rings. The number of nitrogens with one attached hydrogen (secondary N) is 1. The predicted molar refractivity (Wildman–Crippen MR) is 64.2 cm³/mol. The van der Waals surface area contributed by atoms with Crippen LogP contribution in [-0.2, 0) is 0 Å². The molecule has 0 aromatic carbocycles. The first-order valence-corrected chi connectivity index (χ1v) is 7.30. The molecule has 0 aliphatic heterocycles. The van der Waals surface area contributed by atoms with E-state index in [-0.39, 0.29) is 6.04 Å². The van der Waals surface area contributed by atoms with Crippen LogP contribution in [0.5, 0.6) is 0 Å². The van der Waals surface area contributed by atoms with Gasteiger partial charge in [0, 0.05) is 12.6 Å². The van der Waals surface area contributed by atoms with E-state index < -0.39 is 12.1 Å². The van der Waals surface area contributed by atoms with Gasteiger partial charge in [0.1, 0.15) is 0 Å². The van der Waals surface area contributed by atoms with Crippen molar-refractivity contribution < 1.29 is 13.2 Å². The van der Waals surface area contributed by atoms with Gasteiger partial charge in [0.2, 0.25) is 0 Å². The third-order valence-corrected chi connectivity index (χ3v) is 5.22. The fourth-order valence-corrected chi connectivity index (χ4v) is 3.61. The Morgan fingerprint density at radius 1 is 1.06 bits per heavy atom. The lowest BCUT2D eigenvalue weighted by atomic mass is 9.85. The van der Waals surface area contributed by atoms with Gasteiger partial charge >= 0.3 is 6.18 Å². The zero-order valence-corrected chi connectivity index (χ0v) is 10.7. The van der Waals surface area contributed by atoms with E-state index in [9.17, 15) is 13.2 Å². The summed E-state index contributed by atoms with van der Waals surface area (Å²) in [4.78, 5) is 0. The van der Waals surface area contributed by atoms with Gasteiger partial charge in [0.05, 0.1) is 5.92 Å². The second-order valence-electron chi connectivity index (χ2n) is 6.62. The van der Waals surface area contributed by atoms with Gasteiger partial charge in [-0.25, -0.2) is 0 Å². The molecule has 2 unspecified atom stereocenters. The van der Waals surface area contributed by atoms with Crippen molar-refractivity contribution in [3.63, 3.8) is 0 Å². The first-order valence-electron chi connectivity index (χ1n) is 7.30. The van der Waals surface area contributed by atoms with Crippen LogP contribution in [0, 0.1) is 17.3 Å². The summed E-state index contributed by atoms with van der Waals surface area (Å²) in [5.41, 5.74) is 0.491. The van der Waals surface area contributed by atoms with E-state index in [1.807, 2.05) is 0 Å². The SMILES string of the molecule is FC(F)(F)C1CCCC(NCC2(C3CC3)CC2)C1. The molecule has 1 N–H and O–H groups in total. The van der Waals surface area contributed by atoms with Crippen LogP contribution < -0.4 is 5.32 Å². The summed E-state index contributed by atoms with van der Waals surface area (Å²) in [6.45, 7) is 0.965. The van der Waals surface area contributed by atoms with Crippen LogP contribution in [0.25, 0.3) is 0 Å². The lowest BCUT2D eigenvalue weighted by molar-refractivity contribution is -0.183. The van der Waals surface area contributed by atoms with Crippen molar-refractivity contribution in [1.82, 2.24) is 5.32 Å². The molecule has 0 aromatic rings. The van der Waals surface area contributed by atoms with Crippen molar-refractivity contribution >= 4 is 0 Å². The molecule has 2 atom stereocenters. The van der Waals surface area contributed by atoms with Crippen LogP contribution in [0.3, 0.4) is 0 Å². The average Bonchev–Trinajstić information content (AvgIpc) is 3.17. The van der Waals surface area contributed by atoms with Gasteiger partial charge in [-0.2, -0.15) is 13.2 Å². The fourth-order valence-electron chi connectivity index (χ4n) is 3.61. The molecule has 1 nitrogen and oxygen atoms in total. The van der Waals surface area contributed by atoms with Crippen molar-refractivity contribution in [2.75, 3.05) is 6.54 Å². The maximum atomic E-state index is 12.7. The number of halogens is 3. The molecular weight excluding hydrogens is 239 g/mol. The Bertz CT molecular complexity index is 305. The molecule has 104 valence electrons. The zero-order valence-electron chi connectivity index (χ0n) is 10.7. The van der Waals surface area contributed by atoms with Crippen LogP contribution in [0.1, 0.15) is 51.4 Å². The normalized spacial score (nSPS) is 35.5. The van der Waals surface area contributed by atoms with E-state index >= 15 is 0 Å². The van der Waals surface area contributed by atoms with E-state index in [0.717, 1.165) is 25.3 Å². The molecule has 0 spiro atoms. The van der Waals surface area contributed by atoms with E-state index in [1.54, 1.807) is 0 Å². The molecule has 0 heterocycles. The summed E-state index contributed by atoms with van der Waals surface area (Å²) in [6, 6.07) is 0.0987. The molecule has 0 radical (unpaired) electrons. The van der Waals surface area contributed by atoms with Gasteiger partial charge in [-0.05, 0) is 56.3 Å². The minimum Gasteiger partial charge on any atom is -0.313 e. The molecule has 0 saturated heterocycles. The van der Waals surface area contributed by atoms with Crippen LogP contribution in [0.4, 0.5) is 13.2 Å². The Hall–Kier alpha value is -0.250. The van der Waals surface area contributed by atoms with Crippen molar-refractivity contribution in [3.05, 3.63) is 0 Å². The molecule has 0 amide bonds. The Kier molecular flexibility index (Phi) is 3.12. The highest BCUT2D eigenvalue weighted by atomic mass is 19.4. The van der Waals surface area contributed by atoms with Crippen molar-refractivity contribution in [2.24, 2.45) is 17.3 Å². The quantitative estimate of drug-likeness (QED) is 0.809. The summed E-state index contributed by atoms with van der Waals surface area (Å²) in [7, 11) is 0. The maximum Gasteiger partial charge on any atom is 0.391 e. The van der Waals surface area contributed by atoms with Crippen LogP contribution in [-0.4, -0.2) is 18.8 Å². The van der Waals surface area contributed by atoms with Gasteiger partial charge in [-0.15, -0.1) is 0 Å². The Morgan fingerprint density at radius 3 is 2.33 bits per heavy atom. The Labute approximate surface area is 107 Å². The highest BCUT2D eigenvalue weighted by Crippen LogP contribution is 2.60. The van der Waals surface area contributed by atoms with Crippen molar-refractivity contribution in [3.8, 4) is 0 Å².